The highest BCUT2D eigenvalue weighted by atomic mass is 16.5. The predicted molar refractivity (Wildman–Crippen MR) is 76.1 cm³/mol. The summed E-state index contributed by atoms with van der Waals surface area (Å²) in [6, 6.07) is 12.7. The molecule has 0 atom stereocenters. The number of carbonyl (C=O) groups excluding carboxylic acids is 1. The first-order valence-corrected chi connectivity index (χ1v) is 6.15. The van der Waals surface area contributed by atoms with E-state index >= 15 is 0 Å². The summed E-state index contributed by atoms with van der Waals surface area (Å²) in [6.45, 7) is 0. The maximum absolute atomic E-state index is 12.1. The van der Waals surface area contributed by atoms with Crippen LogP contribution in [0.4, 0.5) is 5.82 Å². The zero-order valence-electron chi connectivity index (χ0n) is 10.9. The number of benzene rings is 1. The lowest BCUT2D eigenvalue weighted by molar-refractivity contribution is 0.102. The number of nitrogens with one attached hydrogen (secondary N) is 1. The maximum atomic E-state index is 12.1. The van der Waals surface area contributed by atoms with Crippen LogP contribution < -0.4 is 10.1 Å². The number of nitrogens with zero attached hydrogens (tertiary/aromatic N) is 2. The normalized spacial score (nSPS) is 10.4. The van der Waals surface area contributed by atoms with E-state index in [1.807, 2.05) is 28.8 Å². The number of methoxy groups -OCH3 is 1. The van der Waals surface area contributed by atoms with E-state index in [-0.39, 0.29) is 5.91 Å². The Hall–Kier alpha value is -2.82. The van der Waals surface area contributed by atoms with Gasteiger partial charge in [-0.3, -0.25) is 4.79 Å². The van der Waals surface area contributed by atoms with Gasteiger partial charge in [-0.15, -0.1) is 0 Å². The van der Waals surface area contributed by atoms with Crippen molar-refractivity contribution >= 4 is 17.4 Å². The molecular weight excluding hydrogens is 254 g/mol. The molecule has 3 aromatic rings. The number of fused-ring (bicyclic) bond motifs is 1. The number of amides is 1. The second-order valence-electron chi connectivity index (χ2n) is 4.28. The van der Waals surface area contributed by atoms with Gasteiger partial charge in [0.1, 0.15) is 11.4 Å². The van der Waals surface area contributed by atoms with Crippen molar-refractivity contribution in [2.75, 3.05) is 12.4 Å². The van der Waals surface area contributed by atoms with E-state index in [0.29, 0.717) is 17.1 Å². The van der Waals surface area contributed by atoms with Crippen molar-refractivity contribution in [2.24, 2.45) is 0 Å². The Bertz CT molecular complexity index is 731. The van der Waals surface area contributed by atoms with Crippen molar-refractivity contribution < 1.29 is 9.53 Å². The van der Waals surface area contributed by atoms with Gasteiger partial charge < -0.3 is 14.5 Å². The summed E-state index contributed by atoms with van der Waals surface area (Å²) < 4.78 is 6.95. The summed E-state index contributed by atoms with van der Waals surface area (Å²) >= 11 is 0. The number of carbonyl (C=O) groups is 1. The molecule has 100 valence electrons. The van der Waals surface area contributed by atoms with Crippen LogP contribution in [0.15, 0.2) is 54.9 Å². The summed E-state index contributed by atoms with van der Waals surface area (Å²) in [5.41, 5.74) is 1.31. The summed E-state index contributed by atoms with van der Waals surface area (Å²) in [6.07, 6.45) is 3.65. The second-order valence-corrected chi connectivity index (χ2v) is 4.28. The Balaban J connectivity index is 1.84. The van der Waals surface area contributed by atoms with E-state index in [1.54, 1.807) is 37.6 Å². The Kier molecular flexibility index (Phi) is 3.09. The molecule has 1 N–H and O–H groups in total. The van der Waals surface area contributed by atoms with Crippen LogP contribution in [0.25, 0.3) is 5.65 Å². The monoisotopic (exact) mass is 267 g/mol. The summed E-state index contributed by atoms with van der Waals surface area (Å²) in [7, 11) is 1.57. The molecule has 1 aromatic carbocycles. The molecule has 5 nitrogen and oxygen atoms in total. The summed E-state index contributed by atoms with van der Waals surface area (Å²) in [5.74, 6) is 0.948. The third-order valence-corrected chi connectivity index (χ3v) is 2.94. The number of rotatable bonds is 3. The topological polar surface area (TPSA) is 55.6 Å². The van der Waals surface area contributed by atoms with Crippen molar-refractivity contribution in [1.29, 1.82) is 0 Å². The highest BCUT2D eigenvalue weighted by Gasteiger charge is 2.09. The third-order valence-electron chi connectivity index (χ3n) is 2.94. The Morgan fingerprint density at radius 1 is 1.25 bits per heavy atom. The molecule has 0 saturated carbocycles. The van der Waals surface area contributed by atoms with E-state index < -0.39 is 0 Å². The van der Waals surface area contributed by atoms with Gasteiger partial charge in [-0.1, -0.05) is 12.1 Å². The van der Waals surface area contributed by atoms with Gasteiger partial charge >= 0.3 is 0 Å². The number of imidazole rings is 1. The Morgan fingerprint density at radius 3 is 2.95 bits per heavy atom. The molecule has 0 fully saturated rings. The molecule has 0 bridgehead atoms. The number of hydrogen-bond acceptors (Lipinski definition) is 3. The first-order valence-electron chi connectivity index (χ1n) is 6.15. The molecule has 0 unspecified atom stereocenters. The van der Waals surface area contributed by atoms with Crippen LogP contribution in [-0.4, -0.2) is 22.4 Å². The highest BCUT2D eigenvalue weighted by Crippen LogP contribution is 2.15. The molecule has 2 heterocycles. The number of pyridine rings is 1. The smallest absolute Gasteiger partial charge is 0.256 e. The Labute approximate surface area is 115 Å². The van der Waals surface area contributed by atoms with E-state index in [4.69, 9.17) is 4.74 Å². The second kappa shape index (κ2) is 5.05. The average Bonchev–Trinajstić information content (AvgIpc) is 2.89. The van der Waals surface area contributed by atoms with E-state index in [9.17, 15) is 4.79 Å². The fraction of sp³-hybridized carbons (Fsp3) is 0.0667. The van der Waals surface area contributed by atoms with Gasteiger partial charge in [0.2, 0.25) is 0 Å². The molecule has 3 rings (SSSR count). The highest BCUT2D eigenvalue weighted by molar-refractivity contribution is 6.04. The molecule has 20 heavy (non-hydrogen) atoms. The largest absolute Gasteiger partial charge is 0.497 e. The molecule has 0 aliphatic rings. The number of anilines is 1. The van der Waals surface area contributed by atoms with Crippen LogP contribution in [0.3, 0.4) is 0 Å². The molecule has 0 aliphatic carbocycles. The molecule has 2 aromatic heterocycles. The lowest BCUT2D eigenvalue weighted by Gasteiger charge is -2.04. The first-order chi connectivity index (χ1) is 9.76. The minimum atomic E-state index is -0.215. The SMILES string of the molecule is COc1cccc(C(=O)Nc2cn3ccccc3n2)c1. The number of aromatic nitrogens is 2. The van der Waals surface area contributed by atoms with Gasteiger partial charge in [0.05, 0.1) is 13.3 Å². The molecular formula is C15H13N3O2. The quantitative estimate of drug-likeness (QED) is 0.793. The fourth-order valence-electron chi connectivity index (χ4n) is 1.95. The van der Waals surface area contributed by atoms with Crippen molar-refractivity contribution in [1.82, 2.24) is 9.38 Å². The zero-order valence-corrected chi connectivity index (χ0v) is 10.9. The molecule has 1 amide bonds. The van der Waals surface area contributed by atoms with E-state index in [0.717, 1.165) is 5.65 Å². The maximum Gasteiger partial charge on any atom is 0.256 e. The van der Waals surface area contributed by atoms with Crippen molar-refractivity contribution in [3.8, 4) is 5.75 Å². The number of hydrogen-bond donors (Lipinski definition) is 1. The van der Waals surface area contributed by atoms with Crippen LogP contribution in [0, 0.1) is 0 Å². The summed E-state index contributed by atoms with van der Waals surface area (Å²) in [4.78, 5) is 16.5. The minimum absolute atomic E-state index is 0.215. The van der Waals surface area contributed by atoms with Crippen molar-refractivity contribution in [2.45, 2.75) is 0 Å². The number of ether oxygens (including phenoxy) is 1. The predicted octanol–water partition coefficient (Wildman–Crippen LogP) is 2.60. The molecule has 0 aliphatic heterocycles. The third kappa shape index (κ3) is 2.33. The van der Waals surface area contributed by atoms with Crippen LogP contribution in [-0.2, 0) is 0 Å². The zero-order chi connectivity index (χ0) is 13.9. The van der Waals surface area contributed by atoms with E-state index in [2.05, 4.69) is 10.3 Å². The van der Waals surface area contributed by atoms with Crippen molar-refractivity contribution in [3.63, 3.8) is 0 Å². The molecule has 0 radical (unpaired) electrons. The van der Waals surface area contributed by atoms with Gasteiger partial charge in [-0.2, -0.15) is 0 Å². The summed E-state index contributed by atoms with van der Waals surface area (Å²) in [5, 5.41) is 2.77. The van der Waals surface area contributed by atoms with Gasteiger partial charge in [-0.05, 0) is 30.3 Å². The van der Waals surface area contributed by atoms with Crippen molar-refractivity contribution in [3.05, 3.63) is 60.4 Å². The van der Waals surface area contributed by atoms with Crippen LogP contribution in [0.5, 0.6) is 5.75 Å². The molecule has 5 heteroatoms. The fourth-order valence-corrected chi connectivity index (χ4v) is 1.95. The lowest BCUT2D eigenvalue weighted by atomic mass is 10.2. The van der Waals surface area contributed by atoms with E-state index in [1.165, 1.54) is 0 Å². The van der Waals surface area contributed by atoms with Gasteiger partial charge in [0, 0.05) is 11.8 Å². The van der Waals surface area contributed by atoms with Crippen LogP contribution in [0.1, 0.15) is 10.4 Å². The van der Waals surface area contributed by atoms with Gasteiger partial charge in [-0.25, -0.2) is 4.98 Å². The van der Waals surface area contributed by atoms with Crippen LogP contribution >= 0.6 is 0 Å². The molecule has 0 spiro atoms. The average molecular weight is 267 g/mol. The van der Waals surface area contributed by atoms with Gasteiger partial charge in [0.25, 0.3) is 5.91 Å². The standard InChI is InChI=1S/C15H13N3O2/c1-20-12-6-4-5-11(9-12)15(19)17-13-10-18-8-3-2-7-14(18)16-13/h2-10H,1H3,(H,17,19). The van der Waals surface area contributed by atoms with Crippen LogP contribution in [0.2, 0.25) is 0 Å². The van der Waals surface area contributed by atoms with Gasteiger partial charge in [0.15, 0.2) is 5.82 Å². The molecule has 0 saturated heterocycles. The Morgan fingerprint density at radius 2 is 2.15 bits per heavy atom. The lowest BCUT2D eigenvalue weighted by Crippen LogP contribution is -2.12. The minimum Gasteiger partial charge on any atom is -0.497 e. The first kappa shape index (κ1) is 12.2.